The SMILES string of the molecule is [C-]#[N+]Cn1cc(C2CCC(=O)CC2)ccc1=O. The second kappa shape index (κ2) is 4.96. The summed E-state index contributed by atoms with van der Waals surface area (Å²) in [5, 5.41) is 0. The third-order valence-corrected chi connectivity index (χ3v) is 3.24. The molecule has 0 spiro atoms. The number of rotatable bonds is 2. The van der Waals surface area contributed by atoms with E-state index in [-0.39, 0.29) is 12.2 Å². The van der Waals surface area contributed by atoms with Crippen LogP contribution in [-0.4, -0.2) is 10.4 Å². The number of carbonyl (C=O) groups excluding carboxylic acids is 1. The fourth-order valence-corrected chi connectivity index (χ4v) is 2.25. The van der Waals surface area contributed by atoms with Crippen molar-refractivity contribution < 1.29 is 4.79 Å². The van der Waals surface area contributed by atoms with Crippen LogP contribution < -0.4 is 5.56 Å². The van der Waals surface area contributed by atoms with Crippen LogP contribution in [0.25, 0.3) is 4.85 Å². The Bertz CT molecular complexity index is 515. The van der Waals surface area contributed by atoms with Crippen molar-refractivity contribution >= 4 is 5.78 Å². The van der Waals surface area contributed by atoms with E-state index in [1.807, 2.05) is 6.07 Å². The topological polar surface area (TPSA) is 43.4 Å². The molecule has 0 bridgehead atoms. The lowest BCUT2D eigenvalue weighted by atomic mass is 9.84. The Morgan fingerprint density at radius 1 is 1.29 bits per heavy atom. The lowest BCUT2D eigenvalue weighted by molar-refractivity contribution is -0.120. The lowest BCUT2D eigenvalue weighted by Crippen LogP contribution is -2.20. The van der Waals surface area contributed by atoms with Gasteiger partial charge in [0.2, 0.25) is 0 Å². The van der Waals surface area contributed by atoms with Gasteiger partial charge in [-0.3, -0.25) is 14.4 Å². The van der Waals surface area contributed by atoms with E-state index in [1.54, 1.807) is 6.20 Å². The van der Waals surface area contributed by atoms with Crippen molar-refractivity contribution in [2.45, 2.75) is 38.3 Å². The minimum absolute atomic E-state index is 0.0678. The fraction of sp³-hybridized carbons (Fsp3) is 0.462. The van der Waals surface area contributed by atoms with Gasteiger partial charge in [0.05, 0.1) is 0 Å². The predicted octanol–water partition coefficient (Wildman–Crippen LogP) is 1.95. The minimum Gasteiger partial charge on any atom is -0.300 e. The van der Waals surface area contributed by atoms with Gasteiger partial charge in [-0.1, -0.05) is 6.07 Å². The Hall–Kier alpha value is -1.89. The molecule has 2 rings (SSSR count). The van der Waals surface area contributed by atoms with Crippen molar-refractivity contribution in [1.29, 1.82) is 0 Å². The molecule has 0 N–H and O–H groups in total. The maximum atomic E-state index is 11.5. The molecule has 0 aliphatic heterocycles. The van der Waals surface area contributed by atoms with Crippen molar-refractivity contribution in [3.8, 4) is 0 Å². The van der Waals surface area contributed by atoms with Crippen LogP contribution >= 0.6 is 0 Å². The van der Waals surface area contributed by atoms with E-state index >= 15 is 0 Å². The zero-order valence-corrected chi connectivity index (χ0v) is 9.56. The van der Waals surface area contributed by atoms with Crippen molar-refractivity contribution in [1.82, 2.24) is 4.57 Å². The highest BCUT2D eigenvalue weighted by atomic mass is 16.1. The van der Waals surface area contributed by atoms with Crippen LogP contribution in [0, 0.1) is 6.57 Å². The van der Waals surface area contributed by atoms with Gasteiger partial charge in [-0.2, -0.15) is 0 Å². The molecule has 1 aromatic heterocycles. The first-order chi connectivity index (χ1) is 8.20. The molecule has 1 saturated carbocycles. The quantitative estimate of drug-likeness (QED) is 0.729. The molecular weight excluding hydrogens is 216 g/mol. The first-order valence-corrected chi connectivity index (χ1v) is 5.76. The van der Waals surface area contributed by atoms with E-state index in [4.69, 9.17) is 6.57 Å². The van der Waals surface area contributed by atoms with Gasteiger partial charge in [0.15, 0.2) is 0 Å². The summed E-state index contributed by atoms with van der Waals surface area (Å²) in [7, 11) is 0. The standard InChI is InChI=1S/C13H14N2O2/c1-14-9-15-8-11(4-7-13(15)17)10-2-5-12(16)6-3-10/h4,7-8,10H,2-3,5-6,9H2. The molecule has 1 heterocycles. The summed E-state index contributed by atoms with van der Waals surface area (Å²) in [6.07, 6.45) is 4.74. The Morgan fingerprint density at radius 3 is 2.65 bits per heavy atom. The van der Waals surface area contributed by atoms with Crippen LogP contribution in [0.2, 0.25) is 0 Å². The molecule has 4 nitrogen and oxygen atoms in total. The maximum Gasteiger partial charge on any atom is 0.295 e. The Labute approximate surface area is 99.7 Å². The molecule has 17 heavy (non-hydrogen) atoms. The molecular formula is C13H14N2O2. The zero-order valence-electron chi connectivity index (χ0n) is 9.56. The van der Waals surface area contributed by atoms with Gasteiger partial charge in [0, 0.05) is 25.1 Å². The minimum atomic E-state index is -0.142. The second-order valence-corrected chi connectivity index (χ2v) is 4.38. The number of aromatic nitrogens is 1. The average molecular weight is 230 g/mol. The number of nitrogens with zero attached hydrogens (tertiary/aromatic N) is 2. The fourth-order valence-electron chi connectivity index (χ4n) is 2.25. The number of hydrogen-bond donors (Lipinski definition) is 0. The van der Waals surface area contributed by atoms with Crippen molar-refractivity contribution in [2.24, 2.45) is 0 Å². The van der Waals surface area contributed by atoms with Gasteiger partial charge in [-0.25, -0.2) is 11.1 Å². The third kappa shape index (κ3) is 2.62. The van der Waals surface area contributed by atoms with Crippen molar-refractivity contribution in [3.05, 3.63) is 45.7 Å². The van der Waals surface area contributed by atoms with Crippen LogP contribution in [0.1, 0.15) is 37.2 Å². The highest BCUT2D eigenvalue weighted by molar-refractivity contribution is 5.79. The zero-order chi connectivity index (χ0) is 12.3. The van der Waals surface area contributed by atoms with Crippen LogP contribution in [-0.2, 0) is 11.5 Å². The van der Waals surface area contributed by atoms with Crippen LogP contribution in [0.15, 0.2) is 23.1 Å². The van der Waals surface area contributed by atoms with E-state index in [1.165, 1.54) is 10.6 Å². The Morgan fingerprint density at radius 2 is 2.00 bits per heavy atom. The lowest BCUT2D eigenvalue weighted by Gasteiger charge is -2.21. The molecule has 1 fully saturated rings. The highest BCUT2D eigenvalue weighted by Crippen LogP contribution is 2.30. The van der Waals surface area contributed by atoms with Gasteiger partial charge in [-0.15, -0.1) is 0 Å². The summed E-state index contributed by atoms with van der Waals surface area (Å²) in [5.41, 5.74) is 0.928. The summed E-state index contributed by atoms with van der Waals surface area (Å²) in [4.78, 5) is 25.9. The summed E-state index contributed by atoms with van der Waals surface area (Å²) in [6, 6.07) is 3.33. The number of hydrogen-bond acceptors (Lipinski definition) is 2. The van der Waals surface area contributed by atoms with Crippen LogP contribution in [0.3, 0.4) is 0 Å². The van der Waals surface area contributed by atoms with E-state index in [9.17, 15) is 9.59 Å². The maximum absolute atomic E-state index is 11.5. The van der Waals surface area contributed by atoms with Crippen molar-refractivity contribution in [2.75, 3.05) is 0 Å². The molecule has 1 aromatic rings. The number of ketones is 1. The molecule has 4 heteroatoms. The van der Waals surface area contributed by atoms with E-state index in [0.717, 1.165) is 18.4 Å². The van der Waals surface area contributed by atoms with E-state index < -0.39 is 0 Å². The third-order valence-electron chi connectivity index (χ3n) is 3.24. The molecule has 0 amide bonds. The van der Waals surface area contributed by atoms with Gasteiger partial charge < -0.3 is 0 Å². The molecule has 1 aliphatic rings. The molecule has 0 radical (unpaired) electrons. The van der Waals surface area contributed by atoms with E-state index in [2.05, 4.69) is 4.85 Å². The van der Waals surface area contributed by atoms with E-state index in [0.29, 0.717) is 24.5 Å². The summed E-state index contributed by atoms with van der Waals surface area (Å²) in [5.74, 6) is 0.681. The van der Waals surface area contributed by atoms with Crippen LogP contribution in [0.4, 0.5) is 0 Å². The number of Topliss-reactive ketones (excluding diaryl/α,β-unsaturated/α-hetero) is 1. The molecule has 88 valence electrons. The Kier molecular flexibility index (Phi) is 3.38. The first-order valence-electron chi connectivity index (χ1n) is 5.76. The van der Waals surface area contributed by atoms with Crippen LogP contribution in [0.5, 0.6) is 0 Å². The van der Waals surface area contributed by atoms with Gasteiger partial charge in [-0.05, 0) is 24.3 Å². The summed E-state index contributed by atoms with van der Waals surface area (Å²) in [6.45, 7) is 6.87. The largest absolute Gasteiger partial charge is 0.300 e. The number of pyridine rings is 1. The van der Waals surface area contributed by atoms with Gasteiger partial charge in [0.1, 0.15) is 5.78 Å². The monoisotopic (exact) mass is 230 g/mol. The second-order valence-electron chi connectivity index (χ2n) is 4.38. The molecule has 1 aliphatic carbocycles. The first kappa shape index (κ1) is 11.6. The van der Waals surface area contributed by atoms with Crippen molar-refractivity contribution in [3.63, 3.8) is 0 Å². The summed E-state index contributed by atoms with van der Waals surface area (Å²) < 4.78 is 1.43. The molecule has 0 atom stereocenters. The average Bonchev–Trinajstić information content (AvgIpc) is 2.33. The van der Waals surface area contributed by atoms with Gasteiger partial charge >= 0.3 is 0 Å². The predicted molar refractivity (Wildman–Crippen MR) is 63.5 cm³/mol. The summed E-state index contributed by atoms with van der Waals surface area (Å²) >= 11 is 0. The number of carbonyl (C=O) groups is 1. The van der Waals surface area contributed by atoms with Gasteiger partial charge in [0.25, 0.3) is 12.2 Å². The normalized spacial score (nSPS) is 16.8. The molecule has 0 aromatic carbocycles. The smallest absolute Gasteiger partial charge is 0.295 e. The Balaban J connectivity index is 2.22. The molecule has 0 unspecified atom stereocenters. The highest BCUT2D eigenvalue weighted by Gasteiger charge is 2.20. The molecule has 0 saturated heterocycles.